The molecule has 2 rings (SSSR count). The van der Waals surface area contributed by atoms with Crippen molar-refractivity contribution in [2.75, 3.05) is 101 Å². The number of hydrogen-bond acceptors (Lipinski definition) is 16. The van der Waals surface area contributed by atoms with Crippen LogP contribution in [-0.4, -0.2) is 167 Å². The van der Waals surface area contributed by atoms with E-state index >= 15 is 0 Å². The van der Waals surface area contributed by atoms with Crippen LogP contribution in [0.5, 0.6) is 11.5 Å². The fourth-order valence-electron chi connectivity index (χ4n) is 4.93. The van der Waals surface area contributed by atoms with Gasteiger partial charge in [0.25, 0.3) is 0 Å². The lowest BCUT2D eigenvalue weighted by atomic mass is 10.2. The Labute approximate surface area is 375 Å². The van der Waals surface area contributed by atoms with Crippen LogP contribution < -0.4 is 9.47 Å². The molecule has 0 amide bonds. The first-order valence-electron chi connectivity index (χ1n) is 20.7. The summed E-state index contributed by atoms with van der Waals surface area (Å²) in [4.78, 5) is 24.3. The molecule has 2 aromatic rings. The summed E-state index contributed by atoms with van der Waals surface area (Å²) in [5, 5.41) is 0. The third-order valence-corrected chi connectivity index (χ3v) is 9.15. The summed E-state index contributed by atoms with van der Waals surface area (Å²) in [6.45, 7) is 16.5. The monoisotopic (exact) mass is 913 g/mol. The molecule has 2 aromatic carbocycles. The molecule has 18 heteroatoms. The van der Waals surface area contributed by atoms with Crippen LogP contribution in [0.1, 0.15) is 52.7 Å². The zero-order chi connectivity index (χ0) is 47.3. The van der Waals surface area contributed by atoms with Gasteiger partial charge in [-0.3, -0.25) is 4.18 Å². The molecule has 0 fully saturated rings. The Morgan fingerprint density at radius 2 is 0.857 bits per heavy atom. The Hall–Kier alpha value is -3.95. The van der Waals surface area contributed by atoms with Gasteiger partial charge in [-0.1, -0.05) is 24.3 Å². The Morgan fingerprint density at radius 1 is 0.556 bits per heavy atom. The van der Waals surface area contributed by atoms with Gasteiger partial charge >= 0.3 is 11.9 Å². The molecule has 0 saturated heterocycles. The number of rotatable bonds is 31. The van der Waals surface area contributed by atoms with Gasteiger partial charge in [0.15, 0.2) is 0 Å². The zero-order valence-electron chi connectivity index (χ0n) is 38.9. The van der Waals surface area contributed by atoms with E-state index in [4.69, 9.17) is 47.4 Å². The van der Waals surface area contributed by atoms with Crippen molar-refractivity contribution in [3.8, 4) is 11.5 Å². The maximum atomic E-state index is 12.2. The molecule has 0 aliphatic heterocycles. The molecule has 0 bridgehead atoms. The predicted molar refractivity (Wildman–Crippen MR) is 237 cm³/mol. The van der Waals surface area contributed by atoms with Crippen molar-refractivity contribution in [3.05, 3.63) is 71.8 Å². The van der Waals surface area contributed by atoms with Gasteiger partial charge in [-0.15, -0.1) is 0 Å². The highest BCUT2D eigenvalue weighted by molar-refractivity contribution is 7.80. The molecule has 0 heterocycles. The van der Waals surface area contributed by atoms with Crippen LogP contribution in [0.2, 0.25) is 0 Å². The molecular weight excluding hydrogens is 843 g/mol. The molecule has 0 aromatic heterocycles. The van der Waals surface area contributed by atoms with Crippen LogP contribution >= 0.6 is 0 Å². The van der Waals surface area contributed by atoms with Gasteiger partial charge in [0.2, 0.25) is 10.4 Å². The topological polar surface area (TPSA) is 193 Å². The van der Waals surface area contributed by atoms with Crippen molar-refractivity contribution < 1.29 is 78.6 Å². The lowest BCUT2D eigenvalue weighted by Crippen LogP contribution is -2.45. The number of hydrogen-bond donors (Lipinski definition) is 0. The van der Waals surface area contributed by atoms with Crippen LogP contribution in [0, 0.1) is 0 Å². The van der Waals surface area contributed by atoms with Crippen molar-refractivity contribution in [2.45, 2.75) is 78.2 Å². The number of nitrogens with zero attached hydrogens (tertiary/aromatic N) is 1. The number of esters is 2. The standard InChI is InChI=1S/C44H68NO12.CH4O4S/c1-33(52-29-35(3)54-31-37(5)56-43(46)21-15-39-11-17-41(48-9)18-12-39)27-50-25-23-45(7,8)24-26-51-28-34(2)53-30-36(4)55-32-38(6)57-44(47)22-16-40-13-19-42(49-10)20-14-40;1-5-6(2,3)4/h11-22,33-38H,23-32H2,1-10H3;1H3,(H,2,3,4)/q+1;/p-1/b21-15-,22-16-;. The molecular formula is C45H71NO16S. The number of benzene rings is 2. The summed E-state index contributed by atoms with van der Waals surface area (Å²) in [5.41, 5.74) is 1.75. The first-order valence-corrected chi connectivity index (χ1v) is 22.1. The van der Waals surface area contributed by atoms with E-state index in [0.717, 1.165) is 47.3 Å². The average Bonchev–Trinajstić information content (AvgIpc) is 3.25. The van der Waals surface area contributed by atoms with Gasteiger partial charge in [-0.25, -0.2) is 18.0 Å². The van der Waals surface area contributed by atoms with Crippen molar-refractivity contribution in [1.29, 1.82) is 0 Å². The Morgan fingerprint density at radius 3 is 1.16 bits per heavy atom. The summed E-state index contributed by atoms with van der Waals surface area (Å²) in [6, 6.07) is 14.8. The highest BCUT2D eigenvalue weighted by atomic mass is 32.3. The first-order chi connectivity index (χ1) is 29.7. The summed E-state index contributed by atoms with van der Waals surface area (Å²) in [5.74, 6) is 0.646. The van der Waals surface area contributed by atoms with Crippen LogP contribution in [0.4, 0.5) is 0 Å². The molecule has 0 aliphatic rings. The molecule has 0 radical (unpaired) electrons. The van der Waals surface area contributed by atoms with Crippen molar-refractivity contribution in [3.63, 3.8) is 0 Å². The lowest BCUT2D eigenvalue weighted by molar-refractivity contribution is -0.891. The molecule has 0 N–H and O–H groups in total. The van der Waals surface area contributed by atoms with Crippen molar-refractivity contribution >= 4 is 34.5 Å². The normalized spacial score (nSPS) is 14.9. The Bertz CT molecular complexity index is 1600. The largest absolute Gasteiger partial charge is 0.726 e. The maximum absolute atomic E-state index is 12.2. The number of methoxy groups -OCH3 is 2. The SMILES string of the molecule is COS(=O)(=O)[O-].COc1ccc(/C=C\C(=O)OC(C)COC(C)COC(C)COCC[N+](C)(C)CCOCC(C)OCC(C)OCC(C)OC(=O)/C=C\c2ccc(OC)cc2)cc1. The summed E-state index contributed by atoms with van der Waals surface area (Å²) >= 11 is 0. The minimum absolute atomic E-state index is 0.0948. The smallest absolute Gasteiger partial charge is 0.331 e. The van der Waals surface area contributed by atoms with E-state index in [1.165, 1.54) is 12.2 Å². The van der Waals surface area contributed by atoms with E-state index in [1.807, 2.05) is 76.2 Å². The second kappa shape index (κ2) is 31.8. The summed E-state index contributed by atoms with van der Waals surface area (Å²) < 4.78 is 88.2. The van der Waals surface area contributed by atoms with Crippen LogP contribution in [0.15, 0.2) is 60.7 Å². The first kappa shape index (κ1) is 57.1. The van der Waals surface area contributed by atoms with Gasteiger partial charge in [0.05, 0.1) is 113 Å². The fourth-order valence-corrected chi connectivity index (χ4v) is 4.93. The highest BCUT2D eigenvalue weighted by Crippen LogP contribution is 2.14. The second-order valence-corrected chi connectivity index (χ2v) is 16.5. The minimum atomic E-state index is -4.41. The second-order valence-electron chi connectivity index (χ2n) is 15.4. The summed E-state index contributed by atoms with van der Waals surface area (Å²) in [6.07, 6.45) is 4.86. The van der Waals surface area contributed by atoms with E-state index < -0.39 is 34.5 Å². The van der Waals surface area contributed by atoms with Gasteiger partial charge in [0.1, 0.15) is 36.8 Å². The molecule has 0 saturated carbocycles. The van der Waals surface area contributed by atoms with Gasteiger partial charge in [-0.05, 0) is 89.1 Å². The number of likely N-dealkylation sites (N-methyl/N-ethyl adjacent to an activating group) is 1. The maximum Gasteiger partial charge on any atom is 0.331 e. The van der Waals surface area contributed by atoms with Crippen LogP contribution in [0.25, 0.3) is 12.2 Å². The predicted octanol–water partition coefficient (Wildman–Crippen LogP) is 5.12. The molecule has 6 atom stereocenters. The van der Waals surface area contributed by atoms with Gasteiger partial charge in [0, 0.05) is 12.2 Å². The van der Waals surface area contributed by atoms with Gasteiger partial charge < -0.3 is 56.4 Å². The number of ether oxygens (including phenoxy) is 10. The van der Waals surface area contributed by atoms with E-state index in [2.05, 4.69) is 18.3 Å². The summed E-state index contributed by atoms with van der Waals surface area (Å²) in [7, 11) is 3.91. The third-order valence-electron chi connectivity index (χ3n) is 8.74. The molecule has 17 nitrogen and oxygen atoms in total. The highest BCUT2D eigenvalue weighted by Gasteiger charge is 2.17. The van der Waals surface area contributed by atoms with Crippen molar-refractivity contribution in [2.24, 2.45) is 0 Å². The van der Waals surface area contributed by atoms with Crippen molar-refractivity contribution in [1.82, 2.24) is 0 Å². The minimum Gasteiger partial charge on any atom is -0.726 e. The molecule has 358 valence electrons. The van der Waals surface area contributed by atoms with E-state index in [0.29, 0.717) is 39.6 Å². The van der Waals surface area contributed by atoms with E-state index in [1.54, 1.807) is 40.2 Å². The Kier molecular flexibility index (Phi) is 28.8. The third kappa shape index (κ3) is 30.7. The zero-order valence-corrected chi connectivity index (χ0v) is 39.7. The molecule has 0 spiro atoms. The number of quaternary nitrogens is 1. The van der Waals surface area contributed by atoms with Crippen LogP contribution in [-0.2, 0) is 62.1 Å². The lowest BCUT2D eigenvalue weighted by Gasteiger charge is -2.30. The van der Waals surface area contributed by atoms with Crippen LogP contribution in [0.3, 0.4) is 0 Å². The Balaban J connectivity index is 0.00000307. The average molecular weight is 914 g/mol. The molecule has 63 heavy (non-hydrogen) atoms. The molecule has 6 unspecified atom stereocenters. The number of carbonyl (C=O) groups is 2. The van der Waals surface area contributed by atoms with E-state index in [-0.39, 0.29) is 37.6 Å². The van der Waals surface area contributed by atoms with Gasteiger partial charge in [-0.2, -0.15) is 0 Å². The number of carbonyl (C=O) groups excluding carboxylic acids is 2. The quantitative estimate of drug-likeness (QED) is 0.0242. The fraction of sp³-hybridized carbons (Fsp3) is 0.600. The molecule has 0 aliphatic carbocycles. The van der Waals surface area contributed by atoms with E-state index in [9.17, 15) is 22.6 Å².